The lowest BCUT2D eigenvalue weighted by atomic mass is 10.2. The van der Waals surface area contributed by atoms with Crippen LogP contribution in [0, 0.1) is 5.82 Å². The molecule has 100 valence electrons. The van der Waals surface area contributed by atoms with Crippen molar-refractivity contribution >= 4 is 15.9 Å². The molecule has 0 amide bonds. The molecule has 0 bridgehead atoms. The summed E-state index contributed by atoms with van der Waals surface area (Å²) in [6.07, 6.45) is 0. The lowest BCUT2D eigenvalue weighted by Crippen LogP contribution is -1.98. The van der Waals surface area contributed by atoms with Crippen LogP contribution in [0.1, 0.15) is 11.1 Å². The second-order valence-corrected chi connectivity index (χ2v) is 4.58. The Hall–Kier alpha value is -1.55. The van der Waals surface area contributed by atoms with Crippen molar-refractivity contribution in [3.05, 3.63) is 59.4 Å². The van der Waals surface area contributed by atoms with Gasteiger partial charge in [-0.05, 0) is 23.8 Å². The molecule has 0 aliphatic heterocycles. The zero-order valence-corrected chi connectivity index (χ0v) is 12.1. The predicted octanol–water partition coefficient (Wildman–Crippen LogP) is 4.31. The molecule has 0 aliphatic carbocycles. The van der Waals surface area contributed by atoms with Crippen LogP contribution in [0.5, 0.6) is 11.5 Å². The Balaban J connectivity index is 2.11. The summed E-state index contributed by atoms with van der Waals surface area (Å²) in [5.41, 5.74) is 1.97. The maximum absolute atomic E-state index is 12.8. The largest absolute Gasteiger partial charge is 0.497 e. The third-order valence-corrected chi connectivity index (χ3v) is 3.33. The number of ether oxygens (including phenoxy) is 2. The summed E-state index contributed by atoms with van der Waals surface area (Å²) in [7, 11) is 1.62. The minimum Gasteiger partial charge on any atom is -0.497 e. The molecular weight excluding hydrogens is 311 g/mol. The topological polar surface area (TPSA) is 18.5 Å². The molecule has 2 rings (SSSR count). The van der Waals surface area contributed by atoms with Crippen LogP contribution in [0.2, 0.25) is 0 Å². The third kappa shape index (κ3) is 3.70. The van der Waals surface area contributed by atoms with Crippen molar-refractivity contribution in [3.8, 4) is 11.5 Å². The normalized spacial score (nSPS) is 10.3. The molecule has 4 heteroatoms. The van der Waals surface area contributed by atoms with Gasteiger partial charge in [0.2, 0.25) is 0 Å². The van der Waals surface area contributed by atoms with E-state index in [1.54, 1.807) is 19.2 Å². The predicted molar refractivity (Wildman–Crippen MR) is 76.4 cm³/mol. The highest BCUT2D eigenvalue weighted by atomic mass is 79.9. The summed E-state index contributed by atoms with van der Waals surface area (Å²) in [6.45, 7) is 0.396. The Bertz CT molecular complexity index is 540. The monoisotopic (exact) mass is 324 g/mol. The first-order valence-electron chi connectivity index (χ1n) is 5.83. The van der Waals surface area contributed by atoms with Gasteiger partial charge in [0.05, 0.1) is 7.11 Å². The highest BCUT2D eigenvalue weighted by Gasteiger charge is 2.05. The summed E-state index contributed by atoms with van der Waals surface area (Å²) in [6, 6.07) is 12.0. The van der Waals surface area contributed by atoms with E-state index in [0.29, 0.717) is 11.9 Å². The van der Waals surface area contributed by atoms with Gasteiger partial charge in [0.25, 0.3) is 0 Å². The quantitative estimate of drug-likeness (QED) is 0.763. The van der Waals surface area contributed by atoms with E-state index in [0.717, 1.165) is 22.6 Å². The molecule has 19 heavy (non-hydrogen) atoms. The van der Waals surface area contributed by atoms with Gasteiger partial charge in [0.15, 0.2) is 0 Å². The molecule has 0 unspecified atom stereocenters. The van der Waals surface area contributed by atoms with Gasteiger partial charge < -0.3 is 9.47 Å². The zero-order valence-electron chi connectivity index (χ0n) is 10.5. The number of benzene rings is 2. The van der Waals surface area contributed by atoms with Crippen molar-refractivity contribution in [1.82, 2.24) is 0 Å². The smallest absolute Gasteiger partial charge is 0.127 e. The van der Waals surface area contributed by atoms with Crippen LogP contribution in [-0.2, 0) is 11.9 Å². The van der Waals surface area contributed by atoms with Crippen LogP contribution >= 0.6 is 15.9 Å². The SMILES string of the molecule is COc1ccc(CBr)c(OCc2ccc(F)cc2)c1. The minimum absolute atomic E-state index is 0.244. The molecule has 0 N–H and O–H groups in total. The van der Waals surface area contributed by atoms with Crippen molar-refractivity contribution in [2.24, 2.45) is 0 Å². The van der Waals surface area contributed by atoms with Gasteiger partial charge in [0, 0.05) is 17.0 Å². The standard InChI is InChI=1S/C15H14BrFO2/c1-18-14-7-4-12(9-16)15(8-14)19-10-11-2-5-13(17)6-3-11/h2-8H,9-10H2,1H3. The van der Waals surface area contributed by atoms with E-state index < -0.39 is 0 Å². The second-order valence-electron chi connectivity index (χ2n) is 4.02. The average Bonchev–Trinajstić information content (AvgIpc) is 2.46. The number of hydrogen-bond donors (Lipinski definition) is 0. The fourth-order valence-corrected chi connectivity index (χ4v) is 2.11. The molecular formula is C15H14BrFO2. The molecule has 2 nitrogen and oxygen atoms in total. The van der Waals surface area contributed by atoms with Gasteiger partial charge in [-0.1, -0.05) is 34.1 Å². The molecule has 0 heterocycles. The van der Waals surface area contributed by atoms with E-state index in [9.17, 15) is 4.39 Å². The highest BCUT2D eigenvalue weighted by molar-refractivity contribution is 9.08. The van der Waals surface area contributed by atoms with E-state index >= 15 is 0 Å². The van der Waals surface area contributed by atoms with Crippen LogP contribution in [0.15, 0.2) is 42.5 Å². The Morgan fingerprint density at radius 1 is 1.11 bits per heavy atom. The molecule has 0 aliphatic rings. The van der Waals surface area contributed by atoms with Crippen molar-refractivity contribution in [2.45, 2.75) is 11.9 Å². The first kappa shape index (κ1) is 13.9. The van der Waals surface area contributed by atoms with Gasteiger partial charge in [0.1, 0.15) is 23.9 Å². The number of halogens is 2. The molecule has 0 fully saturated rings. The molecule has 0 saturated heterocycles. The number of methoxy groups -OCH3 is 1. The lowest BCUT2D eigenvalue weighted by molar-refractivity contribution is 0.301. The van der Waals surface area contributed by atoms with E-state index in [1.165, 1.54) is 12.1 Å². The summed E-state index contributed by atoms with van der Waals surface area (Å²) >= 11 is 3.42. The second kappa shape index (κ2) is 6.57. The molecule has 0 atom stereocenters. The van der Waals surface area contributed by atoms with Crippen molar-refractivity contribution in [2.75, 3.05) is 7.11 Å². The van der Waals surface area contributed by atoms with E-state index in [-0.39, 0.29) is 5.82 Å². The molecule has 0 radical (unpaired) electrons. The number of hydrogen-bond acceptors (Lipinski definition) is 2. The van der Waals surface area contributed by atoms with Crippen LogP contribution in [0.3, 0.4) is 0 Å². The highest BCUT2D eigenvalue weighted by Crippen LogP contribution is 2.27. The molecule has 0 aromatic heterocycles. The summed E-state index contributed by atoms with van der Waals surface area (Å²) in [4.78, 5) is 0. The van der Waals surface area contributed by atoms with Crippen molar-refractivity contribution in [3.63, 3.8) is 0 Å². The van der Waals surface area contributed by atoms with Gasteiger partial charge in [-0.25, -0.2) is 4.39 Å². The van der Waals surface area contributed by atoms with E-state index in [1.807, 2.05) is 18.2 Å². The van der Waals surface area contributed by atoms with Gasteiger partial charge in [-0.2, -0.15) is 0 Å². The van der Waals surface area contributed by atoms with Crippen LogP contribution in [0.25, 0.3) is 0 Å². The maximum atomic E-state index is 12.8. The number of rotatable bonds is 5. The van der Waals surface area contributed by atoms with Gasteiger partial charge >= 0.3 is 0 Å². The average molecular weight is 325 g/mol. The fraction of sp³-hybridized carbons (Fsp3) is 0.200. The molecule has 0 saturated carbocycles. The van der Waals surface area contributed by atoms with Crippen LogP contribution in [-0.4, -0.2) is 7.11 Å². The summed E-state index contributed by atoms with van der Waals surface area (Å²) in [5.74, 6) is 1.27. The summed E-state index contributed by atoms with van der Waals surface area (Å²) in [5, 5.41) is 0.704. The third-order valence-electron chi connectivity index (χ3n) is 2.73. The zero-order chi connectivity index (χ0) is 13.7. The Kier molecular flexibility index (Phi) is 4.80. The van der Waals surface area contributed by atoms with Gasteiger partial charge in [-0.3, -0.25) is 0 Å². The number of alkyl halides is 1. The van der Waals surface area contributed by atoms with E-state index in [2.05, 4.69) is 15.9 Å². The first-order valence-corrected chi connectivity index (χ1v) is 6.95. The molecule has 0 spiro atoms. The maximum Gasteiger partial charge on any atom is 0.127 e. The van der Waals surface area contributed by atoms with Crippen molar-refractivity contribution < 1.29 is 13.9 Å². The lowest BCUT2D eigenvalue weighted by Gasteiger charge is -2.11. The first-order chi connectivity index (χ1) is 9.22. The van der Waals surface area contributed by atoms with Gasteiger partial charge in [-0.15, -0.1) is 0 Å². The Morgan fingerprint density at radius 2 is 1.84 bits per heavy atom. The van der Waals surface area contributed by atoms with Crippen molar-refractivity contribution in [1.29, 1.82) is 0 Å². The fourth-order valence-electron chi connectivity index (χ4n) is 1.65. The molecule has 2 aromatic rings. The Morgan fingerprint density at radius 3 is 2.47 bits per heavy atom. The minimum atomic E-state index is -0.244. The summed E-state index contributed by atoms with van der Waals surface area (Å²) < 4.78 is 23.7. The Labute approximate surface area is 120 Å². The van der Waals surface area contributed by atoms with Crippen LogP contribution in [0.4, 0.5) is 4.39 Å². The van der Waals surface area contributed by atoms with E-state index in [4.69, 9.17) is 9.47 Å². The molecule has 2 aromatic carbocycles. The van der Waals surface area contributed by atoms with Crippen LogP contribution < -0.4 is 9.47 Å².